The van der Waals surface area contributed by atoms with E-state index in [0.717, 1.165) is 48.3 Å². The average Bonchev–Trinajstić information content (AvgIpc) is 2.64. The van der Waals surface area contributed by atoms with Crippen molar-refractivity contribution in [1.29, 1.82) is 0 Å². The van der Waals surface area contributed by atoms with Crippen molar-refractivity contribution in [1.82, 2.24) is 5.32 Å². The van der Waals surface area contributed by atoms with E-state index in [0.29, 0.717) is 0 Å². The predicted molar refractivity (Wildman–Crippen MR) is 118 cm³/mol. The van der Waals surface area contributed by atoms with Gasteiger partial charge in [-0.1, -0.05) is 68.3 Å². The zero-order chi connectivity index (χ0) is 19.2. The molecule has 0 atom stereocenters. The molecule has 0 aliphatic heterocycles. The lowest BCUT2D eigenvalue weighted by Gasteiger charge is -2.10. The molecule has 0 spiro atoms. The van der Waals surface area contributed by atoms with E-state index >= 15 is 0 Å². The molecule has 0 aliphatic rings. The highest BCUT2D eigenvalue weighted by Crippen LogP contribution is 2.21. The summed E-state index contributed by atoms with van der Waals surface area (Å²) in [5.74, 6) is 0. The fourth-order valence-corrected chi connectivity index (χ4v) is 2.73. The topological polar surface area (TPSA) is 24.1 Å². The summed E-state index contributed by atoms with van der Waals surface area (Å²) in [5, 5.41) is 6.45. The number of para-hydroxylation sites is 1. The fourth-order valence-electron chi connectivity index (χ4n) is 2.73. The Labute approximate surface area is 159 Å². The molecule has 138 valence electrons. The summed E-state index contributed by atoms with van der Waals surface area (Å²) in [6.07, 6.45) is 15.2. The van der Waals surface area contributed by atoms with Crippen molar-refractivity contribution in [3.05, 3.63) is 96.9 Å². The van der Waals surface area contributed by atoms with E-state index in [1.54, 1.807) is 6.20 Å². The van der Waals surface area contributed by atoms with Crippen molar-refractivity contribution in [3.63, 3.8) is 0 Å². The van der Waals surface area contributed by atoms with Crippen LogP contribution in [0.15, 0.2) is 91.3 Å². The Balaban J connectivity index is 2.96. The van der Waals surface area contributed by atoms with E-state index in [2.05, 4.69) is 67.7 Å². The molecule has 0 saturated heterocycles. The maximum atomic E-state index is 4.06. The van der Waals surface area contributed by atoms with Gasteiger partial charge in [-0.2, -0.15) is 0 Å². The molecule has 0 fully saturated rings. The van der Waals surface area contributed by atoms with Gasteiger partial charge in [0, 0.05) is 17.9 Å². The summed E-state index contributed by atoms with van der Waals surface area (Å²) in [6, 6.07) is 8.16. The van der Waals surface area contributed by atoms with Crippen LogP contribution in [0.3, 0.4) is 0 Å². The van der Waals surface area contributed by atoms with Crippen LogP contribution in [0.25, 0.3) is 6.08 Å². The Morgan fingerprint density at radius 1 is 1.12 bits per heavy atom. The SMILES string of the molecule is C=CNc1ccccc1\C=C/C(C=C)=C(/C=C\C)CCCC(=C)NCC. The number of anilines is 1. The van der Waals surface area contributed by atoms with Gasteiger partial charge in [-0.25, -0.2) is 0 Å². The molecule has 26 heavy (non-hydrogen) atoms. The van der Waals surface area contributed by atoms with Crippen LogP contribution in [0.4, 0.5) is 5.69 Å². The molecule has 0 bridgehead atoms. The summed E-state index contributed by atoms with van der Waals surface area (Å²) in [5.41, 5.74) is 5.69. The van der Waals surface area contributed by atoms with E-state index in [1.165, 1.54) is 5.57 Å². The van der Waals surface area contributed by atoms with E-state index in [-0.39, 0.29) is 0 Å². The molecule has 0 saturated carbocycles. The van der Waals surface area contributed by atoms with Crippen molar-refractivity contribution in [2.75, 3.05) is 11.9 Å². The molecule has 1 rings (SSSR count). The Hall–Kier alpha value is -2.74. The summed E-state index contributed by atoms with van der Waals surface area (Å²) < 4.78 is 0. The van der Waals surface area contributed by atoms with Gasteiger partial charge in [0.2, 0.25) is 0 Å². The van der Waals surface area contributed by atoms with Gasteiger partial charge in [0.25, 0.3) is 0 Å². The Morgan fingerprint density at radius 2 is 1.88 bits per heavy atom. The molecule has 2 nitrogen and oxygen atoms in total. The lowest BCUT2D eigenvalue weighted by atomic mass is 9.99. The Morgan fingerprint density at radius 3 is 2.54 bits per heavy atom. The first-order valence-electron chi connectivity index (χ1n) is 9.20. The van der Waals surface area contributed by atoms with Crippen LogP contribution in [0, 0.1) is 0 Å². The quantitative estimate of drug-likeness (QED) is 0.415. The molecule has 0 radical (unpaired) electrons. The number of allylic oxidation sites excluding steroid dienone is 7. The third kappa shape index (κ3) is 7.43. The van der Waals surface area contributed by atoms with Gasteiger partial charge in [-0.05, 0) is 62.1 Å². The van der Waals surface area contributed by atoms with Gasteiger partial charge < -0.3 is 10.6 Å². The zero-order valence-corrected chi connectivity index (χ0v) is 16.2. The average molecular weight is 349 g/mol. The molecule has 0 amide bonds. The lowest BCUT2D eigenvalue weighted by Crippen LogP contribution is -2.10. The first-order valence-corrected chi connectivity index (χ1v) is 9.20. The van der Waals surface area contributed by atoms with Gasteiger partial charge >= 0.3 is 0 Å². The van der Waals surface area contributed by atoms with Gasteiger partial charge in [0.1, 0.15) is 0 Å². The summed E-state index contributed by atoms with van der Waals surface area (Å²) in [6.45, 7) is 16.9. The van der Waals surface area contributed by atoms with E-state index in [1.807, 2.05) is 31.2 Å². The molecular formula is C24H32N2. The van der Waals surface area contributed by atoms with Crippen molar-refractivity contribution in [3.8, 4) is 0 Å². The van der Waals surface area contributed by atoms with Crippen LogP contribution in [0.1, 0.15) is 38.7 Å². The number of hydrogen-bond acceptors (Lipinski definition) is 2. The minimum atomic E-state index is 0.926. The van der Waals surface area contributed by atoms with Crippen LogP contribution in [-0.4, -0.2) is 6.54 Å². The van der Waals surface area contributed by atoms with Crippen molar-refractivity contribution < 1.29 is 0 Å². The maximum absolute atomic E-state index is 4.06. The van der Waals surface area contributed by atoms with Crippen LogP contribution in [-0.2, 0) is 0 Å². The first kappa shape index (κ1) is 21.3. The highest BCUT2D eigenvalue weighted by Gasteiger charge is 2.01. The number of hydrogen-bond donors (Lipinski definition) is 2. The van der Waals surface area contributed by atoms with Gasteiger partial charge in [-0.3, -0.25) is 0 Å². The Kier molecular flexibility index (Phi) is 10.3. The second-order valence-corrected chi connectivity index (χ2v) is 5.94. The van der Waals surface area contributed by atoms with Crippen LogP contribution in [0.5, 0.6) is 0 Å². The minimum absolute atomic E-state index is 0.926. The molecule has 2 heteroatoms. The minimum Gasteiger partial charge on any atom is -0.389 e. The molecule has 0 aromatic heterocycles. The van der Waals surface area contributed by atoms with Gasteiger partial charge in [0.15, 0.2) is 0 Å². The summed E-state index contributed by atoms with van der Waals surface area (Å²) >= 11 is 0. The summed E-state index contributed by atoms with van der Waals surface area (Å²) in [7, 11) is 0. The van der Waals surface area contributed by atoms with E-state index in [4.69, 9.17) is 0 Å². The third-order valence-corrected chi connectivity index (χ3v) is 3.97. The Bertz CT molecular complexity index is 690. The molecular weight excluding hydrogens is 316 g/mol. The molecule has 0 aliphatic carbocycles. The molecule has 1 aromatic carbocycles. The summed E-state index contributed by atoms with van der Waals surface area (Å²) in [4.78, 5) is 0. The molecule has 2 N–H and O–H groups in total. The lowest BCUT2D eigenvalue weighted by molar-refractivity contribution is 0.731. The van der Waals surface area contributed by atoms with Gasteiger partial charge in [-0.15, -0.1) is 0 Å². The van der Waals surface area contributed by atoms with Crippen molar-refractivity contribution in [2.24, 2.45) is 0 Å². The number of nitrogens with one attached hydrogen (secondary N) is 2. The van der Waals surface area contributed by atoms with Crippen LogP contribution >= 0.6 is 0 Å². The van der Waals surface area contributed by atoms with Crippen LogP contribution < -0.4 is 10.6 Å². The largest absolute Gasteiger partial charge is 0.389 e. The monoisotopic (exact) mass is 348 g/mol. The zero-order valence-electron chi connectivity index (χ0n) is 16.2. The van der Waals surface area contributed by atoms with Crippen LogP contribution in [0.2, 0.25) is 0 Å². The van der Waals surface area contributed by atoms with E-state index in [9.17, 15) is 0 Å². The smallest absolute Gasteiger partial charge is 0.0453 e. The highest BCUT2D eigenvalue weighted by molar-refractivity contribution is 5.69. The maximum Gasteiger partial charge on any atom is 0.0453 e. The molecule has 0 unspecified atom stereocenters. The van der Waals surface area contributed by atoms with Gasteiger partial charge in [0.05, 0.1) is 0 Å². The van der Waals surface area contributed by atoms with E-state index < -0.39 is 0 Å². The van der Waals surface area contributed by atoms with Crippen molar-refractivity contribution >= 4 is 11.8 Å². The predicted octanol–water partition coefficient (Wildman–Crippen LogP) is 6.61. The first-order chi connectivity index (χ1) is 12.7. The second-order valence-electron chi connectivity index (χ2n) is 5.94. The molecule has 1 aromatic rings. The second kappa shape index (κ2) is 12.6. The third-order valence-electron chi connectivity index (χ3n) is 3.97. The number of benzene rings is 1. The fraction of sp³-hybridized carbons (Fsp3) is 0.250. The normalized spacial score (nSPS) is 12.1. The standard InChI is InChI=1S/C24H32N2/c1-6-13-22(16-12-14-20(5)25-8-3)21(7-2)18-19-23-15-10-11-17-24(23)26-9-4/h6-7,9-11,13,15,17-19,25-26H,2,4-5,8,12,14,16H2,1,3H3/b13-6-,19-18-,22-21-. The highest BCUT2D eigenvalue weighted by atomic mass is 14.9. The van der Waals surface area contributed by atoms with Crippen molar-refractivity contribution in [2.45, 2.75) is 33.1 Å². The number of rotatable bonds is 12. The molecule has 0 heterocycles.